The first-order valence-corrected chi connectivity index (χ1v) is 13.7. The maximum absolute atomic E-state index is 14.7. The zero-order valence-corrected chi connectivity index (χ0v) is 22.8. The van der Waals surface area contributed by atoms with Gasteiger partial charge in [-0.05, 0) is 38.1 Å². The lowest BCUT2D eigenvalue weighted by atomic mass is 10.0. The van der Waals surface area contributed by atoms with E-state index >= 15 is 0 Å². The molecule has 2 N–H and O–H groups in total. The van der Waals surface area contributed by atoms with Gasteiger partial charge in [0.1, 0.15) is 12.7 Å². The van der Waals surface area contributed by atoms with Crippen molar-refractivity contribution in [2.75, 3.05) is 38.7 Å². The number of aromatic nitrogens is 5. The molecular weight excluding hydrogens is 560 g/mol. The maximum atomic E-state index is 14.7. The van der Waals surface area contributed by atoms with Crippen molar-refractivity contribution in [3.8, 4) is 11.5 Å². The predicted octanol–water partition coefficient (Wildman–Crippen LogP) is 3.80. The Morgan fingerprint density at radius 1 is 1.24 bits per heavy atom. The minimum absolute atomic E-state index is 0.0173. The first-order chi connectivity index (χ1) is 20.1. The van der Waals surface area contributed by atoms with E-state index in [-0.39, 0.29) is 36.5 Å². The van der Waals surface area contributed by atoms with Crippen molar-refractivity contribution >= 4 is 22.5 Å². The molecule has 1 unspecified atom stereocenters. The van der Waals surface area contributed by atoms with Gasteiger partial charge in [0.25, 0.3) is 5.91 Å². The average Bonchev–Trinajstić information content (AvgIpc) is 3.75. The monoisotopic (exact) mass is 590 g/mol. The second-order valence-electron chi connectivity index (χ2n) is 10.7. The lowest BCUT2D eigenvalue weighted by molar-refractivity contribution is -0.139. The Hall–Kier alpha value is -3.98. The van der Waals surface area contributed by atoms with E-state index in [1.165, 1.54) is 6.20 Å². The fourth-order valence-corrected chi connectivity index (χ4v) is 5.44. The number of hydrogen-bond donors (Lipinski definition) is 2. The number of nitrogens with zero attached hydrogens (tertiary/aromatic N) is 6. The summed E-state index contributed by atoms with van der Waals surface area (Å²) in [5, 5.41) is 14.5. The second kappa shape index (κ2) is 11.4. The molecule has 1 aromatic carbocycles. The van der Waals surface area contributed by atoms with E-state index in [4.69, 9.17) is 9.26 Å². The Morgan fingerprint density at radius 3 is 2.86 bits per heavy atom. The Labute approximate surface area is 237 Å². The number of rotatable bonds is 8. The molecule has 3 aromatic heterocycles. The minimum Gasteiger partial charge on any atom is -0.379 e. The minimum atomic E-state index is -4.53. The molecule has 224 valence electrons. The number of hydrogen-bond acceptors (Lipinski definition) is 8. The van der Waals surface area contributed by atoms with Crippen LogP contribution in [0.4, 0.5) is 23.2 Å². The van der Waals surface area contributed by atoms with Crippen LogP contribution in [0, 0.1) is 0 Å². The van der Waals surface area contributed by atoms with Gasteiger partial charge in [-0.3, -0.25) is 9.48 Å². The van der Waals surface area contributed by atoms with Crippen LogP contribution in [0.5, 0.6) is 0 Å². The van der Waals surface area contributed by atoms with E-state index < -0.39 is 30.8 Å². The van der Waals surface area contributed by atoms with E-state index in [2.05, 4.69) is 25.9 Å². The molecule has 2 aliphatic heterocycles. The smallest absolute Gasteiger partial charge is 0.379 e. The van der Waals surface area contributed by atoms with Crippen LogP contribution in [0.15, 0.2) is 41.2 Å². The highest BCUT2D eigenvalue weighted by molar-refractivity contribution is 5.96. The summed E-state index contributed by atoms with van der Waals surface area (Å²) in [7, 11) is 1.85. The number of amides is 1. The molecule has 2 aliphatic rings. The average molecular weight is 591 g/mol. The van der Waals surface area contributed by atoms with Crippen molar-refractivity contribution in [1.82, 2.24) is 34.7 Å². The van der Waals surface area contributed by atoms with Crippen molar-refractivity contribution in [2.45, 2.75) is 50.4 Å². The molecule has 0 saturated carbocycles. The molecule has 2 saturated heterocycles. The van der Waals surface area contributed by atoms with Crippen LogP contribution in [0.25, 0.3) is 22.4 Å². The molecule has 0 spiro atoms. The zero-order valence-electron chi connectivity index (χ0n) is 22.8. The lowest BCUT2D eigenvalue weighted by Crippen LogP contribution is -2.46. The van der Waals surface area contributed by atoms with Crippen molar-refractivity contribution in [2.24, 2.45) is 0 Å². The van der Waals surface area contributed by atoms with Gasteiger partial charge in [-0.15, -0.1) is 0 Å². The highest BCUT2D eigenvalue weighted by atomic mass is 19.4. The Kier molecular flexibility index (Phi) is 7.62. The van der Waals surface area contributed by atoms with Gasteiger partial charge >= 0.3 is 6.18 Å². The summed E-state index contributed by atoms with van der Waals surface area (Å²) < 4.78 is 69.1. The van der Waals surface area contributed by atoms with Crippen LogP contribution >= 0.6 is 0 Å². The van der Waals surface area contributed by atoms with E-state index in [1.807, 2.05) is 11.9 Å². The summed E-state index contributed by atoms with van der Waals surface area (Å²) in [6.45, 7) is 0.727. The molecule has 15 heteroatoms. The number of alkyl halides is 4. The molecule has 4 aromatic rings. The summed E-state index contributed by atoms with van der Waals surface area (Å²) in [5.41, 5.74) is 1.23. The predicted molar refractivity (Wildman–Crippen MR) is 144 cm³/mol. The maximum Gasteiger partial charge on any atom is 0.406 e. The van der Waals surface area contributed by atoms with Crippen LogP contribution in [0.2, 0.25) is 0 Å². The summed E-state index contributed by atoms with van der Waals surface area (Å²) in [5.74, 6) is -0.465. The zero-order chi connectivity index (χ0) is 29.4. The summed E-state index contributed by atoms with van der Waals surface area (Å²) in [6.07, 6.45) is -1.21. The summed E-state index contributed by atoms with van der Waals surface area (Å²) in [4.78, 5) is 18.8. The van der Waals surface area contributed by atoms with Crippen LogP contribution in [-0.4, -0.2) is 87.0 Å². The topological polar surface area (TPSA) is 115 Å². The normalized spacial score (nSPS) is 21.7. The van der Waals surface area contributed by atoms with Crippen molar-refractivity contribution in [3.63, 3.8) is 0 Å². The second-order valence-corrected chi connectivity index (χ2v) is 10.7. The third-order valence-corrected chi connectivity index (χ3v) is 7.61. The van der Waals surface area contributed by atoms with E-state index in [0.717, 1.165) is 11.0 Å². The van der Waals surface area contributed by atoms with Gasteiger partial charge in [-0.25, -0.2) is 4.39 Å². The highest BCUT2D eigenvalue weighted by Crippen LogP contribution is 2.35. The molecular formula is C27H30F4N8O3. The molecule has 11 nitrogen and oxygen atoms in total. The highest BCUT2D eigenvalue weighted by Gasteiger charge is 2.32. The quantitative estimate of drug-likeness (QED) is 0.298. The van der Waals surface area contributed by atoms with E-state index in [9.17, 15) is 22.4 Å². The lowest BCUT2D eigenvalue weighted by Gasteiger charge is -2.33. The number of carbonyl (C=O) groups excluding carboxylic acids is 1. The molecule has 2 fully saturated rings. The Morgan fingerprint density at radius 2 is 2.10 bits per heavy atom. The van der Waals surface area contributed by atoms with Gasteiger partial charge < -0.3 is 29.4 Å². The molecule has 42 heavy (non-hydrogen) atoms. The number of carbonyl (C=O) groups is 1. The Balaban J connectivity index is 1.22. The summed E-state index contributed by atoms with van der Waals surface area (Å²) in [6, 6.07) is 6.06. The van der Waals surface area contributed by atoms with E-state index in [0.29, 0.717) is 48.3 Å². The van der Waals surface area contributed by atoms with Gasteiger partial charge in [0.2, 0.25) is 11.7 Å². The fraction of sp³-hybridized carbons (Fsp3) is 0.481. The number of benzene rings is 1. The Bertz CT molecular complexity index is 1560. The van der Waals surface area contributed by atoms with E-state index in [1.54, 1.807) is 35.1 Å². The molecule has 0 bridgehead atoms. The first kappa shape index (κ1) is 28.2. The summed E-state index contributed by atoms with van der Waals surface area (Å²) >= 11 is 0. The number of likely N-dealkylation sites (tertiary alicyclic amines) is 1. The molecule has 5 heterocycles. The number of fused-ring (bicyclic) bond motifs is 1. The van der Waals surface area contributed by atoms with Crippen LogP contribution in [0.1, 0.15) is 35.1 Å². The van der Waals surface area contributed by atoms with Gasteiger partial charge in [-0.1, -0.05) is 11.2 Å². The number of anilines is 1. The fourth-order valence-electron chi connectivity index (χ4n) is 5.44. The molecule has 0 aliphatic carbocycles. The van der Waals surface area contributed by atoms with Crippen molar-refractivity contribution in [3.05, 3.63) is 48.1 Å². The van der Waals surface area contributed by atoms with Gasteiger partial charge in [-0.2, -0.15) is 23.3 Å². The standard InChI is InChI=1S/C27H30F4N8O3/c1-37-7-5-21(19(28)13-37)34-20-3-2-4-22-18(20)9-23(38(22)15-27(29,30)31)25-35-24(42-36-25)11-32-26(40)16-10-33-39(12-16)17-6-8-41-14-17/h2-4,9-10,12,17,19,21,34H,5-8,11,13-15H2,1H3,(H,32,40)/t17?,19-,21+/m0/s1. The van der Waals surface area contributed by atoms with Gasteiger partial charge in [0, 0.05) is 37.0 Å². The van der Waals surface area contributed by atoms with Gasteiger partial charge in [0.05, 0.1) is 48.2 Å². The van der Waals surface area contributed by atoms with Gasteiger partial charge in [0.15, 0.2) is 0 Å². The largest absolute Gasteiger partial charge is 0.406 e. The van der Waals surface area contributed by atoms with Crippen LogP contribution < -0.4 is 10.6 Å². The van der Waals surface area contributed by atoms with Crippen molar-refractivity contribution < 1.29 is 31.6 Å². The number of halogens is 4. The van der Waals surface area contributed by atoms with Crippen LogP contribution in [0.3, 0.4) is 0 Å². The number of nitrogens with one attached hydrogen (secondary N) is 2. The number of ether oxygens (including phenoxy) is 1. The van der Waals surface area contributed by atoms with Crippen LogP contribution in [-0.2, 0) is 17.8 Å². The molecule has 3 atom stereocenters. The first-order valence-electron chi connectivity index (χ1n) is 13.7. The number of piperidine rings is 1. The molecule has 0 radical (unpaired) electrons. The molecule has 1 amide bonds. The van der Waals surface area contributed by atoms with Crippen molar-refractivity contribution in [1.29, 1.82) is 0 Å². The SMILES string of the molecule is CN1CC[C@@H](Nc2cccc3c2cc(-c2noc(CNC(=O)c4cnn(C5CCOC5)c4)n2)n3CC(F)(F)F)[C@@H](F)C1. The molecule has 6 rings (SSSR count). The third kappa shape index (κ3) is 5.97. The third-order valence-electron chi connectivity index (χ3n) is 7.61.